The van der Waals surface area contributed by atoms with Gasteiger partial charge in [0.15, 0.2) is 0 Å². The van der Waals surface area contributed by atoms with Crippen molar-refractivity contribution in [3.63, 3.8) is 0 Å². The van der Waals surface area contributed by atoms with Crippen molar-refractivity contribution in [1.29, 1.82) is 0 Å². The van der Waals surface area contributed by atoms with E-state index >= 15 is 0 Å². The highest BCUT2D eigenvalue weighted by Gasteiger charge is 2.38. The zero-order chi connectivity index (χ0) is 20.9. The van der Waals surface area contributed by atoms with Crippen LogP contribution in [0.3, 0.4) is 0 Å². The van der Waals surface area contributed by atoms with Gasteiger partial charge in [-0.3, -0.25) is 4.79 Å². The van der Waals surface area contributed by atoms with E-state index in [1.54, 1.807) is 0 Å². The normalized spacial score (nSPS) is 41.5. The maximum Gasteiger partial charge on any atom is 0.140 e. The Balaban J connectivity index is 1.14. The number of ether oxygens (including phenoxy) is 2. The van der Waals surface area contributed by atoms with Gasteiger partial charge in [-0.15, -0.1) is 0 Å². The van der Waals surface area contributed by atoms with Crippen molar-refractivity contribution < 1.29 is 14.3 Å². The second kappa shape index (κ2) is 11.6. The molecule has 0 aromatic heterocycles. The summed E-state index contributed by atoms with van der Waals surface area (Å²) in [4.78, 5) is 14.0. The Morgan fingerprint density at radius 2 is 1.10 bits per heavy atom. The summed E-state index contributed by atoms with van der Waals surface area (Å²) in [6, 6.07) is 0. The van der Waals surface area contributed by atoms with Gasteiger partial charge in [-0.1, -0.05) is 51.1 Å². The van der Waals surface area contributed by atoms with Crippen molar-refractivity contribution in [2.75, 3.05) is 0 Å². The molecule has 0 aromatic carbocycles. The van der Waals surface area contributed by atoms with Crippen molar-refractivity contribution in [2.24, 2.45) is 11.8 Å². The Morgan fingerprint density at radius 1 is 0.600 bits per heavy atom. The van der Waals surface area contributed by atoms with Gasteiger partial charge in [0.05, 0.1) is 24.4 Å². The summed E-state index contributed by atoms with van der Waals surface area (Å²) in [7, 11) is 0. The number of rotatable bonds is 6. The molecule has 4 fully saturated rings. The molecule has 3 nitrogen and oxygen atoms in total. The first-order valence-corrected chi connectivity index (χ1v) is 14.5. The van der Waals surface area contributed by atoms with E-state index < -0.39 is 0 Å². The predicted octanol–water partition coefficient (Wildman–Crippen LogP) is 7.12. The van der Waals surface area contributed by atoms with Crippen LogP contribution in [0.15, 0.2) is 0 Å². The SMILES string of the molecule is O=C(C1CCC(OC2CCC(OC3CCCCC3)CC2)CC1)C1CC(Br)CCC1Br. The summed E-state index contributed by atoms with van der Waals surface area (Å²) >= 11 is 7.53. The van der Waals surface area contributed by atoms with E-state index in [-0.39, 0.29) is 11.8 Å². The number of Topliss-reactive ketones (excluding diaryl/α,β-unsaturated/α-hetero) is 1. The minimum absolute atomic E-state index is 0.199. The van der Waals surface area contributed by atoms with Gasteiger partial charge in [0.2, 0.25) is 0 Å². The molecule has 4 saturated carbocycles. The van der Waals surface area contributed by atoms with Gasteiger partial charge in [-0.05, 0) is 83.5 Å². The number of alkyl halides is 2. The fourth-order valence-corrected chi connectivity index (χ4v) is 7.62. The molecule has 0 saturated heterocycles. The zero-order valence-electron chi connectivity index (χ0n) is 18.4. The molecule has 4 rings (SSSR count). The first-order valence-electron chi connectivity index (χ1n) is 12.7. The smallest absolute Gasteiger partial charge is 0.140 e. The summed E-state index contributed by atoms with van der Waals surface area (Å²) in [5.74, 6) is 0.970. The number of ketones is 1. The molecular weight excluding hydrogens is 508 g/mol. The highest BCUT2D eigenvalue weighted by Crippen LogP contribution is 2.39. The first kappa shape index (κ1) is 23.7. The Labute approximate surface area is 200 Å². The summed E-state index contributed by atoms with van der Waals surface area (Å²) in [5, 5.41) is 0. The van der Waals surface area contributed by atoms with Crippen LogP contribution in [0.2, 0.25) is 0 Å². The van der Waals surface area contributed by atoms with Gasteiger partial charge in [0, 0.05) is 21.5 Å². The first-order chi connectivity index (χ1) is 14.6. The lowest BCUT2D eigenvalue weighted by Crippen LogP contribution is -2.38. The highest BCUT2D eigenvalue weighted by atomic mass is 79.9. The topological polar surface area (TPSA) is 35.5 Å². The molecule has 3 unspecified atom stereocenters. The molecule has 0 bridgehead atoms. The Kier molecular flexibility index (Phi) is 9.17. The Bertz CT molecular complexity index is 535. The molecule has 4 aliphatic rings. The standard InChI is InChI=1S/C25H40Br2O3/c26-18-8-15-24(27)23(16-18)25(28)17-6-9-20(10-7-17)30-22-13-11-21(12-14-22)29-19-4-2-1-3-5-19/h17-24H,1-16H2. The number of hydrogen-bond donors (Lipinski definition) is 0. The fraction of sp³-hybridized carbons (Fsp3) is 0.960. The van der Waals surface area contributed by atoms with E-state index in [2.05, 4.69) is 31.9 Å². The number of carbonyl (C=O) groups is 1. The van der Waals surface area contributed by atoms with E-state index in [4.69, 9.17) is 9.47 Å². The molecule has 172 valence electrons. The molecule has 4 aliphatic carbocycles. The van der Waals surface area contributed by atoms with Crippen LogP contribution < -0.4 is 0 Å². The summed E-state index contributed by atoms with van der Waals surface area (Å²) < 4.78 is 12.9. The number of carbonyl (C=O) groups excluding carboxylic acids is 1. The molecule has 0 heterocycles. The van der Waals surface area contributed by atoms with Crippen LogP contribution in [0.4, 0.5) is 0 Å². The van der Waals surface area contributed by atoms with Crippen LogP contribution in [0.5, 0.6) is 0 Å². The molecule has 30 heavy (non-hydrogen) atoms. The molecule has 0 aromatic rings. The van der Waals surface area contributed by atoms with Crippen molar-refractivity contribution in [3.05, 3.63) is 0 Å². The minimum atomic E-state index is 0.199. The molecule has 0 spiro atoms. The number of halogens is 2. The van der Waals surface area contributed by atoms with Crippen molar-refractivity contribution >= 4 is 37.6 Å². The van der Waals surface area contributed by atoms with Crippen LogP contribution in [-0.2, 0) is 14.3 Å². The lowest BCUT2D eigenvalue weighted by Gasteiger charge is -2.37. The second-order valence-electron chi connectivity index (χ2n) is 10.3. The van der Waals surface area contributed by atoms with Gasteiger partial charge in [-0.2, -0.15) is 0 Å². The van der Waals surface area contributed by atoms with Gasteiger partial charge in [0.1, 0.15) is 5.78 Å². The zero-order valence-corrected chi connectivity index (χ0v) is 21.6. The van der Waals surface area contributed by atoms with Crippen LogP contribution in [0.25, 0.3) is 0 Å². The average Bonchev–Trinajstić information content (AvgIpc) is 2.77. The van der Waals surface area contributed by atoms with Crippen molar-refractivity contribution in [3.8, 4) is 0 Å². The predicted molar refractivity (Wildman–Crippen MR) is 129 cm³/mol. The van der Waals surface area contributed by atoms with Gasteiger partial charge in [-0.25, -0.2) is 0 Å². The molecule has 0 amide bonds. The quantitative estimate of drug-likeness (QED) is 0.332. The summed E-state index contributed by atoms with van der Waals surface area (Å²) in [6.45, 7) is 0. The van der Waals surface area contributed by atoms with Crippen LogP contribution in [0.1, 0.15) is 103 Å². The molecule has 3 atom stereocenters. The third-order valence-electron chi connectivity index (χ3n) is 8.09. The monoisotopic (exact) mass is 546 g/mol. The lowest BCUT2D eigenvalue weighted by atomic mass is 9.76. The average molecular weight is 548 g/mol. The Hall–Kier alpha value is 0.550. The third-order valence-corrected chi connectivity index (χ3v) is 10.0. The van der Waals surface area contributed by atoms with Crippen LogP contribution in [-0.4, -0.2) is 39.9 Å². The molecule has 0 N–H and O–H groups in total. The summed E-state index contributed by atoms with van der Waals surface area (Å²) in [5.41, 5.74) is 0. The van der Waals surface area contributed by atoms with Gasteiger partial charge in [0.25, 0.3) is 0 Å². The van der Waals surface area contributed by atoms with E-state index in [1.165, 1.54) is 38.5 Å². The van der Waals surface area contributed by atoms with Crippen molar-refractivity contribution in [2.45, 2.75) is 137 Å². The number of hydrogen-bond acceptors (Lipinski definition) is 3. The van der Waals surface area contributed by atoms with E-state index in [9.17, 15) is 4.79 Å². The molecule has 5 heteroatoms. The van der Waals surface area contributed by atoms with Gasteiger partial charge >= 0.3 is 0 Å². The van der Waals surface area contributed by atoms with E-state index in [1.807, 2.05) is 0 Å². The van der Waals surface area contributed by atoms with Gasteiger partial charge < -0.3 is 9.47 Å². The minimum Gasteiger partial charge on any atom is -0.375 e. The lowest BCUT2D eigenvalue weighted by molar-refractivity contribution is -0.130. The van der Waals surface area contributed by atoms with Crippen molar-refractivity contribution in [1.82, 2.24) is 0 Å². The third kappa shape index (κ3) is 6.54. The highest BCUT2D eigenvalue weighted by molar-refractivity contribution is 9.10. The van der Waals surface area contributed by atoms with Crippen LogP contribution in [0, 0.1) is 11.8 Å². The summed E-state index contributed by atoms with van der Waals surface area (Å²) in [6.07, 6.45) is 20.5. The fourth-order valence-electron chi connectivity index (χ4n) is 6.21. The Morgan fingerprint density at radius 3 is 1.67 bits per heavy atom. The molecule has 0 radical (unpaired) electrons. The van der Waals surface area contributed by atoms with E-state index in [0.29, 0.717) is 39.9 Å². The van der Waals surface area contributed by atoms with E-state index in [0.717, 1.165) is 64.2 Å². The molecular formula is C25H40Br2O3. The van der Waals surface area contributed by atoms with Crippen LogP contribution >= 0.6 is 31.9 Å². The second-order valence-corrected chi connectivity index (χ2v) is 12.8. The maximum absolute atomic E-state index is 13.1. The largest absolute Gasteiger partial charge is 0.375 e. The maximum atomic E-state index is 13.1. The molecule has 0 aliphatic heterocycles.